The first kappa shape index (κ1) is 32.4. The van der Waals surface area contributed by atoms with Crippen molar-refractivity contribution in [3.8, 4) is 5.75 Å². The summed E-state index contributed by atoms with van der Waals surface area (Å²) in [6.45, 7) is 2.69. The van der Waals surface area contributed by atoms with Gasteiger partial charge in [-0.2, -0.15) is 0 Å². The van der Waals surface area contributed by atoms with Crippen molar-refractivity contribution in [1.82, 2.24) is 16.0 Å². The van der Waals surface area contributed by atoms with Crippen LogP contribution < -0.4 is 25.6 Å². The topological polar surface area (TPSA) is 140 Å². The Balaban J connectivity index is 1.46. The first-order valence-corrected chi connectivity index (χ1v) is 15.6. The van der Waals surface area contributed by atoms with Crippen LogP contribution in [-0.2, 0) is 16.0 Å². The molecule has 2 aromatic carbocycles. The molecule has 2 aliphatic rings. The number of aliphatic hydroxyl groups is 2. The van der Waals surface area contributed by atoms with E-state index in [1.165, 1.54) is 6.42 Å². The number of nitrogens with zero attached hydrogens (tertiary/aromatic N) is 1. The molecule has 10 nitrogen and oxygen atoms in total. The minimum Gasteiger partial charge on any atom is -0.493 e. The molecule has 1 aliphatic heterocycles. The van der Waals surface area contributed by atoms with E-state index < -0.39 is 24.1 Å². The van der Waals surface area contributed by atoms with E-state index in [0.717, 1.165) is 37.7 Å². The molecule has 2 fully saturated rings. The second-order valence-corrected chi connectivity index (χ2v) is 11.6. The lowest BCUT2D eigenvalue weighted by molar-refractivity contribution is -0.123. The van der Waals surface area contributed by atoms with Crippen molar-refractivity contribution in [3.05, 3.63) is 59.7 Å². The number of anilines is 1. The van der Waals surface area contributed by atoms with Crippen molar-refractivity contribution >= 4 is 23.4 Å². The lowest BCUT2D eigenvalue weighted by atomic mass is 9.95. The zero-order valence-electron chi connectivity index (χ0n) is 25.1. The molecule has 3 atom stereocenters. The number of benzene rings is 2. The third kappa shape index (κ3) is 9.77. The average molecular weight is 595 g/mol. The molecule has 10 heteroatoms. The Labute approximate surface area is 254 Å². The largest absolute Gasteiger partial charge is 0.493 e. The van der Waals surface area contributed by atoms with Crippen molar-refractivity contribution in [2.45, 2.75) is 88.9 Å². The third-order valence-corrected chi connectivity index (χ3v) is 8.17. The van der Waals surface area contributed by atoms with Crippen molar-refractivity contribution in [2.75, 3.05) is 31.2 Å². The van der Waals surface area contributed by atoms with Crippen LogP contribution in [0.15, 0.2) is 48.5 Å². The summed E-state index contributed by atoms with van der Waals surface area (Å²) in [7, 11) is 0. The lowest BCUT2D eigenvalue weighted by Gasteiger charge is -2.28. The molecule has 2 aromatic rings. The standard InChI is InChI=1S/C33H46N4O6/c1-23(32(41)35-26-12-6-3-7-13-26)34-22-30(39)29(18-24-10-4-2-5-11-24)36-33(42)25-19-27(37-15-8-14-31(37)40)21-28(20-25)43-17-9-16-38/h2,4-5,10-11,19-21,23,26,29-30,34,38-39H,3,6-9,12-18,22H2,1H3,(H,35,41)(H,36,42)/t23-,29-,30-/m0/s1. The van der Waals surface area contributed by atoms with E-state index in [0.29, 0.717) is 42.8 Å². The number of carbonyl (C=O) groups is 3. The molecule has 234 valence electrons. The summed E-state index contributed by atoms with van der Waals surface area (Å²) in [5.41, 5.74) is 1.82. The molecule has 43 heavy (non-hydrogen) atoms. The normalized spacial score (nSPS) is 17.7. The molecule has 0 radical (unpaired) electrons. The molecule has 0 bridgehead atoms. The van der Waals surface area contributed by atoms with Gasteiger partial charge in [0.15, 0.2) is 0 Å². The van der Waals surface area contributed by atoms with E-state index >= 15 is 0 Å². The maximum atomic E-state index is 13.6. The van der Waals surface area contributed by atoms with Gasteiger partial charge in [-0.05, 0) is 50.3 Å². The molecule has 1 aliphatic carbocycles. The van der Waals surface area contributed by atoms with Crippen LogP contribution in [0.25, 0.3) is 0 Å². The summed E-state index contributed by atoms with van der Waals surface area (Å²) in [6, 6.07) is 13.6. The number of hydrogen-bond acceptors (Lipinski definition) is 7. The number of hydrogen-bond donors (Lipinski definition) is 5. The van der Waals surface area contributed by atoms with Crippen LogP contribution in [0, 0.1) is 0 Å². The highest BCUT2D eigenvalue weighted by molar-refractivity contribution is 5.99. The Bertz CT molecular complexity index is 1200. The predicted molar refractivity (Wildman–Crippen MR) is 165 cm³/mol. The Morgan fingerprint density at radius 1 is 1.07 bits per heavy atom. The van der Waals surface area contributed by atoms with E-state index in [-0.39, 0.29) is 37.6 Å². The minimum atomic E-state index is -0.988. The monoisotopic (exact) mass is 594 g/mol. The summed E-state index contributed by atoms with van der Waals surface area (Å²) in [4.78, 5) is 40.5. The van der Waals surface area contributed by atoms with Crippen LogP contribution >= 0.6 is 0 Å². The van der Waals surface area contributed by atoms with Crippen LogP contribution in [0.1, 0.15) is 74.2 Å². The lowest BCUT2D eigenvalue weighted by Crippen LogP contribution is -2.53. The number of amides is 3. The molecule has 1 saturated heterocycles. The fourth-order valence-corrected chi connectivity index (χ4v) is 5.64. The number of nitrogens with one attached hydrogen (secondary N) is 3. The number of ether oxygens (including phenoxy) is 1. The smallest absolute Gasteiger partial charge is 0.251 e. The quantitative estimate of drug-likeness (QED) is 0.200. The third-order valence-electron chi connectivity index (χ3n) is 8.17. The highest BCUT2D eigenvalue weighted by Crippen LogP contribution is 2.28. The van der Waals surface area contributed by atoms with Crippen LogP contribution in [0.3, 0.4) is 0 Å². The maximum Gasteiger partial charge on any atom is 0.251 e. The van der Waals surface area contributed by atoms with Crippen molar-refractivity contribution in [2.24, 2.45) is 0 Å². The molecule has 1 heterocycles. The van der Waals surface area contributed by atoms with Gasteiger partial charge in [-0.1, -0.05) is 49.6 Å². The maximum absolute atomic E-state index is 13.6. The second kappa shape index (κ2) is 16.4. The molecular formula is C33H46N4O6. The Kier molecular flexibility index (Phi) is 12.4. The SMILES string of the molecule is C[C@H](NC[C@H](O)[C@H](Cc1ccccc1)NC(=O)c1cc(OCCCO)cc(N2CCCC2=O)c1)C(=O)NC1CCCCC1. The first-order valence-electron chi connectivity index (χ1n) is 15.6. The summed E-state index contributed by atoms with van der Waals surface area (Å²) >= 11 is 0. The van der Waals surface area contributed by atoms with Crippen LogP contribution in [0.4, 0.5) is 5.69 Å². The van der Waals surface area contributed by atoms with Crippen molar-refractivity contribution in [3.63, 3.8) is 0 Å². The summed E-state index contributed by atoms with van der Waals surface area (Å²) in [6.07, 6.45) is 6.46. The molecule has 5 N–H and O–H groups in total. The van der Waals surface area contributed by atoms with Gasteiger partial charge in [0.25, 0.3) is 5.91 Å². The van der Waals surface area contributed by atoms with Gasteiger partial charge in [-0.3, -0.25) is 14.4 Å². The Hall–Kier alpha value is -3.47. The highest BCUT2D eigenvalue weighted by Gasteiger charge is 2.27. The molecular weight excluding hydrogens is 548 g/mol. The summed E-state index contributed by atoms with van der Waals surface area (Å²) in [5.74, 6) is -0.0901. The van der Waals surface area contributed by atoms with Gasteiger partial charge in [0.05, 0.1) is 24.8 Å². The molecule has 4 rings (SSSR count). The zero-order chi connectivity index (χ0) is 30.6. The first-order chi connectivity index (χ1) is 20.8. The van der Waals surface area contributed by atoms with Crippen molar-refractivity contribution in [1.29, 1.82) is 0 Å². The molecule has 3 amide bonds. The fraction of sp³-hybridized carbons (Fsp3) is 0.545. The van der Waals surface area contributed by atoms with E-state index in [1.54, 1.807) is 30.0 Å². The van der Waals surface area contributed by atoms with Gasteiger partial charge in [0.1, 0.15) is 5.75 Å². The summed E-state index contributed by atoms with van der Waals surface area (Å²) in [5, 5.41) is 29.7. The van der Waals surface area contributed by atoms with Gasteiger partial charge < -0.3 is 35.8 Å². The molecule has 0 spiro atoms. The van der Waals surface area contributed by atoms with E-state index in [9.17, 15) is 19.5 Å². The predicted octanol–water partition coefficient (Wildman–Crippen LogP) is 2.70. The van der Waals surface area contributed by atoms with Gasteiger partial charge in [-0.25, -0.2) is 0 Å². The average Bonchev–Trinajstić information content (AvgIpc) is 3.46. The fourth-order valence-electron chi connectivity index (χ4n) is 5.64. The number of carbonyl (C=O) groups excluding carboxylic acids is 3. The van der Waals surface area contributed by atoms with Gasteiger partial charge in [0.2, 0.25) is 11.8 Å². The molecule has 0 aromatic heterocycles. The van der Waals surface area contributed by atoms with E-state index in [4.69, 9.17) is 9.84 Å². The van der Waals surface area contributed by atoms with Crippen LogP contribution in [0.2, 0.25) is 0 Å². The summed E-state index contributed by atoms with van der Waals surface area (Å²) < 4.78 is 5.79. The van der Waals surface area contributed by atoms with Gasteiger partial charge in [0, 0.05) is 55.9 Å². The highest BCUT2D eigenvalue weighted by atomic mass is 16.5. The Morgan fingerprint density at radius 3 is 2.53 bits per heavy atom. The number of rotatable bonds is 15. The molecule has 1 saturated carbocycles. The Morgan fingerprint density at radius 2 is 1.84 bits per heavy atom. The molecule has 0 unspecified atom stereocenters. The van der Waals surface area contributed by atoms with Crippen molar-refractivity contribution < 1.29 is 29.3 Å². The van der Waals surface area contributed by atoms with Crippen LogP contribution in [-0.4, -0.2) is 78.5 Å². The van der Waals surface area contributed by atoms with Gasteiger partial charge in [-0.15, -0.1) is 0 Å². The van der Waals surface area contributed by atoms with E-state index in [1.807, 2.05) is 30.3 Å². The zero-order valence-corrected chi connectivity index (χ0v) is 25.1. The van der Waals surface area contributed by atoms with Crippen LogP contribution in [0.5, 0.6) is 5.75 Å². The minimum absolute atomic E-state index is 0.0102. The number of aliphatic hydroxyl groups excluding tert-OH is 2. The second-order valence-electron chi connectivity index (χ2n) is 11.6. The van der Waals surface area contributed by atoms with E-state index in [2.05, 4.69) is 16.0 Å². The van der Waals surface area contributed by atoms with Gasteiger partial charge >= 0.3 is 0 Å².